The summed E-state index contributed by atoms with van der Waals surface area (Å²) in [6.45, 7) is 6.42. The van der Waals surface area contributed by atoms with Crippen LogP contribution in [0.3, 0.4) is 0 Å². The molecule has 1 fully saturated rings. The monoisotopic (exact) mass is 521 g/mol. The second-order valence-electron chi connectivity index (χ2n) is 9.24. The smallest absolute Gasteiger partial charge is 0.264 e. The maximum Gasteiger partial charge on any atom is 0.264 e. The number of benzene rings is 3. The molecule has 196 valence electrons. The third-order valence-electron chi connectivity index (χ3n) is 6.48. The molecule has 1 heterocycles. The van der Waals surface area contributed by atoms with Crippen LogP contribution in [0.2, 0.25) is 0 Å². The van der Waals surface area contributed by atoms with E-state index in [1.54, 1.807) is 48.5 Å². The zero-order chi connectivity index (χ0) is 26.3. The SMILES string of the molecule is CCOc1ccc(N(CC(=O)NCc2ccc(N3CCCCC3)cc2)S(=O)(=O)c2ccc(C)cc2)cc1. The summed E-state index contributed by atoms with van der Waals surface area (Å²) in [4.78, 5) is 15.5. The quantitative estimate of drug-likeness (QED) is 0.411. The molecule has 1 amide bonds. The standard InChI is InChI=1S/C29H35N3O4S/c1-3-36-27-15-13-26(14-16-27)32(37(34,35)28-17-7-23(2)8-18-28)22-29(33)30-21-24-9-11-25(12-10-24)31-19-5-4-6-20-31/h7-18H,3-6,19-22H2,1-2H3,(H,30,33). The molecule has 3 aromatic rings. The predicted octanol–water partition coefficient (Wildman–Crippen LogP) is 4.90. The van der Waals surface area contributed by atoms with Crippen LogP contribution in [-0.2, 0) is 21.4 Å². The Balaban J connectivity index is 1.47. The van der Waals surface area contributed by atoms with E-state index in [0.29, 0.717) is 24.6 Å². The molecule has 0 unspecified atom stereocenters. The van der Waals surface area contributed by atoms with E-state index in [-0.39, 0.29) is 17.3 Å². The Morgan fingerprint density at radius 2 is 1.57 bits per heavy atom. The van der Waals surface area contributed by atoms with Gasteiger partial charge < -0.3 is 15.0 Å². The number of sulfonamides is 1. The average molecular weight is 522 g/mol. The summed E-state index contributed by atoms with van der Waals surface area (Å²) in [5.74, 6) is 0.251. The largest absolute Gasteiger partial charge is 0.494 e. The Morgan fingerprint density at radius 3 is 2.19 bits per heavy atom. The number of hydrogen-bond acceptors (Lipinski definition) is 5. The molecule has 0 atom stereocenters. The molecule has 1 aliphatic heterocycles. The summed E-state index contributed by atoms with van der Waals surface area (Å²) in [5.41, 5.74) is 3.50. The fourth-order valence-corrected chi connectivity index (χ4v) is 5.81. The highest BCUT2D eigenvalue weighted by atomic mass is 32.2. The van der Waals surface area contributed by atoms with Crippen molar-refractivity contribution in [2.75, 3.05) is 35.4 Å². The lowest BCUT2D eigenvalue weighted by Gasteiger charge is -2.28. The van der Waals surface area contributed by atoms with Gasteiger partial charge in [-0.05, 0) is 87.2 Å². The second-order valence-corrected chi connectivity index (χ2v) is 11.1. The third kappa shape index (κ3) is 6.83. The number of carbonyl (C=O) groups excluding carboxylic acids is 1. The van der Waals surface area contributed by atoms with E-state index in [0.717, 1.165) is 28.5 Å². The van der Waals surface area contributed by atoms with Crippen molar-refractivity contribution in [1.29, 1.82) is 0 Å². The van der Waals surface area contributed by atoms with Gasteiger partial charge in [-0.25, -0.2) is 8.42 Å². The van der Waals surface area contributed by atoms with E-state index < -0.39 is 10.0 Å². The van der Waals surface area contributed by atoms with Gasteiger partial charge in [0.15, 0.2) is 0 Å². The highest BCUT2D eigenvalue weighted by molar-refractivity contribution is 7.92. The van der Waals surface area contributed by atoms with E-state index in [4.69, 9.17) is 4.74 Å². The molecule has 0 radical (unpaired) electrons. The summed E-state index contributed by atoms with van der Waals surface area (Å²) in [7, 11) is -3.97. The molecular weight excluding hydrogens is 486 g/mol. The van der Waals surface area contributed by atoms with Crippen LogP contribution in [0, 0.1) is 6.92 Å². The highest BCUT2D eigenvalue weighted by Crippen LogP contribution is 2.26. The van der Waals surface area contributed by atoms with Crippen molar-refractivity contribution >= 4 is 27.3 Å². The summed E-state index contributed by atoms with van der Waals surface area (Å²) < 4.78 is 33.8. The molecular formula is C29H35N3O4S. The molecule has 4 rings (SSSR count). The molecule has 3 aromatic carbocycles. The van der Waals surface area contributed by atoms with Crippen LogP contribution in [0.15, 0.2) is 77.7 Å². The van der Waals surface area contributed by atoms with E-state index in [1.165, 1.54) is 24.9 Å². The topological polar surface area (TPSA) is 79.0 Å². The predicted molar refractivity (Wildman–Crippen MR) is 148 cm³/mol. The van der Waals surface area contributed by atoms with Crippen molar-refractivity contribution in [2.24, 2.45) is 0 Å². The lowest BCUT2D eigenvalue weighted by Crippen LogP contribution is -2.40. The van der Waals surface area contributed by atoms with Gasteiger partial charge in [0.2, 0.25) is 5.91 Å². The lowest BCUT2D eigenvalue weighted by molar-refractivity contribution is -0.119. The number of piperidine rings is 1. The normalized spacial score (nSPS) is 13.7. The van der Waals surface area contributed by atoms with Crippen LogP contribution in [0.4, 0.5) is 11.4 Å². The van der Waals surface area contributed by atoms with Crippen molar-refractivity contribution in [3.8, 4) is 5.75 Å². The lowest BCUT2D eigenvalue weighted by atomic mass is 10.1. The number of hydrogen-bond donors (Lipinski definition) is 1. The second kappa shape index (κ2) is 12.1. The first-order chi connectivity index (χ1) is 17.9. The van der Waals surface area contributed by atoms with Gasteiger partial charge in [0.1, 0.15) is 12.3 Å². The minimum absolute atomic E-state index is 0.132. The van der Waals surface area contributed by atoms with Gasteiger partial charge >= 0.3 is 0 Å². The number of carbonyl (C=O) groups is 1. The van der Waals surface area contributed by atoms with Gasteiger partial charge in [-0.2, -0.15) is 0 Å². The van der Waals surface area contributed by atoms with Crippen molar-refractivity contribution in [3.63, 3.8) is 0 Å². The average Bonchev–Trinajstić information content (AvgIpc) is 2.92. The Kier molecular flexibility index (Phi) is 8.71. The van der Waals surface area contributed by atoms with Crippen molar-refractivity contribution in [3.05, 3.63) is 83.9 Å². The first kappa shape index (κ1) is 26.5. The number of aryl methyl sites for hydroxylation is 1. The summed E-state index contributed by atoms with van der Waals surface area (Å²) >= 11 is 0. The van der Waals surface area contributed by atoms with Crippen LogP contribution in [0.1, 0.15) is 37.3 Å². The molecule has 0 aromatic heterocycles. The summed E-state index contributed by atoms with van der Waals surface area (Å²) in [5, 5.41) is 2.88. The van der Waals surface area contributed by atoms with Crippen LogP contribution in [0.25, 0.3) is 0 Å². The first-order valence-electron chi connectivity index (χ1n) is 12.8. The Morgan fingerprint density at radius 1 is 0.919 bits per heavy atom. The van der Waals surface area contributed by atoms with E-state index >= 15 is 0 Å². The van der Waals surface area contributed by atoms with E-state index in [1.807, 2.05) is 26.0 Å². The Hall–Kier alpha value is -3.52. The minimum atomic E-state index is -3.97. The van der Waals surface area contributed by atoms with E-state index in [2.05, 4.69) is 22.3 Å². The molecule has 0 spiro atoms. The number of nitrogens with one attached hydrogen (secondary N) is 1. The number of amides is 1. The van der Waals surface area contributed by atoms with Crippen molar-refractivity contribution in [1.82, 2.24) is 5.32 Å². The molecule has 1 saturated heterocycles. The van der Waals surface area contributed by atoms with Crippen LogP contribution < -0.4 is 19.3 Å². The number of anilines is 2. The van der Waals surface area contributed by atoms with Gasteiger partial charge in [0.05, 0.1) is 17.2 Å². The summed E-state index contributed by atoms with van der Waals surface area (Å²) in [6.07, 6.45) is 3.72. The van der Waals surface area contributed by atoms with Crippen LogP contribution >= 0.6 is 0 Å². The molecule has 1 N–H and O–H groups in total. The fourth-order valence-electron chi connectivity index (χ4n) is 4.39. The fraction of sp³-hybridized carbons (Fsp3) is 0.345. The molecule has 1 aliphatic rings. The molecule has 0 bridgehead atoms. The van der Waals surface area contributed by atoms with Crippen LogP contribution in [-0.4, -0.2) is 40.6 Å². The van der Waals surface area contributed by atoms with Gasteiger partial charge in [-0.3, -0.25) is 9.10 Å². The Bertz CT molecular complexity index is 1270. The maximum absolute atomic E-state index is 13.6. The van der Waals surface area contributed by atoms with E-state index in [9.17, 15) is 13.2 Å². The van der Waals surface area contributed by atoms with Crippen LogP contribution in [0.5, 0.6) is 5.75 Å². The maximum atomic E-state index is 13.6. The molecule has 0 aliphatic carbocycles. The number of ether oxygens (including phenoxy) is 1. The van der Waals surface area contributed by atoms with Gasteiger partial charge in [0, 0.05) is 25.3 Å². The van der Waals surface area contributed by atoms with Gasteiger partial charge in [0.25, 0.3) is 10.0 Å². The zero-order valence-electron chi connectivity index (χ0n) is 21.5. The Labute approximate surface area is 220 Å². The van der Waals surface area contributed by atoms with Crippen molar-refractivity contribution < 1.29 is 17.9 Å². The summed E-state index contributed by atoms with van der Waals surface area (Å²) in [6, 6.07) is 21.5. The first-order valence-corrected chi connectivity index (χ1v) is 14.2. The third-order valence-corrected chi connectivity index (χ3v) is 8.27. The van der Waals surface area contributed by atoms with Gasteiger partial charge in [-0.15, -0.1) is 0 Å². The number of nitrogens with zero attached hydrogens (tertiary/aromatic N) is 2. The highest BCUT2D eigenvalue weighted by Gasteiger charge is 2.27. The molecule has 0 saturated carbocycles. The number of rotatable bonds is 10. The molecule has 7 nitrogen and oxygen atoms in total. The zero-order valence-corrected chi connectivity index (χ0v) is 22.3. The van der Waals surface area contributed by atoms with Gasteiger partial charge in [-0.1, -0.05) is 29.8 Å². The van der Waals surface area contributed by atoms with Crippen molar-refractivity contribution in [2.45, 2.75) is 44.6 Å². The molecule has 8 heteroatoms. The minimum Gasteiger partial charge on any atom is -0.494 e. The molecule has 37 heavy (non-hydrogen) atoms.